The van der Waals surface area contributed by atoms with Gasteiger partial charge in [0.1, 0.15) is 0 Å². The molecule has 25 heavy (non-hydrogen) atoms. The maximum atomic E-state index is 4.37. The zero-order chi connectivity index (χ0) is 17.1. The van der Waals surface area contributed by atoms with Crippen LogP contribution in [0.4, 0.5) is 23.0 Å². The van der Waals surface area contributed by atoms with Crippen LogP contribution in [0.3, 0.4) is 0 Å². The lowest BCUT2D eigenvalue weighted by molar-refractivity contribution is 0.832. The van der Waals surface area contributed by atoms with E-state index in [0.29, 0.717) is 5.95 Å². The van der Waals surface area contributed by atoms with E-state index >= 15 is 0 Å². The molecule has 2 aromatic heterocycles. The lowest BCUT2D eigenvalue weighted by Gasteiger charge is -2.08. The van der Waals surface area contributed by atoms with Gasteiger partial charge in [-0.15, -0.1) is 0 Å². The molecule has 1 saturated carbocycles. The van der Waals surface area contributed by atoms with E-state index in [9.17, 15) is 0 Å². The Morgan fingerprint density at radius 2 is 1.64 bits per heavy atom. The van der Waals surface area contributed by atoms with Crippen molar-refractivity contribution in [1.29, 1.82) is 0 Å². The summed E-state index contributed by atoms with van der Waals surface area (Å²) < 4.78 is 0. The minimum atomic E-state index is 0.589. The second-order valence-electron chi connectivity index (χ2n) is 6.58. The summed E-state index contributed by atoms with van der Waals surface area (Å²) in [5, 5.41) is 6.51. The van der Waals surface area contributed by atoms with Gasteiger partial charge in [0.2, 0.25) is 5.95 Å². The van der Waals surface area contributed by atoms with Crippen LogP contribution in [0.15, 0.2) is 55.0 Å². The summed E-state index contributed by atoms with van der Waals surface area (Å²) in [4.78, 5) is 12.9. The Labute approximate surface area is 147 Å². The van der Waals surface area contributed by atoms with Crippen LogP contribution in [0.25, 0.3) is 0 Å². The monoisotopic (exact) mass is 331 g/mol. The Kier molecular flexibility index (Phi) is 4.29. The molecule has 126 valence electrons. The quantitative estimate of drug-likeness (QED) is 0.690. The minimum absolute atomic E-state index is 0.589. The summed E-state index contributed by atoms with van der Waals surface area (Å²) in [6, 6.07) is 12.4. The van der Waals surface area contributed by atoms with E-state index in [4.69, 9.17) is 0 Å². The van der Waals surface area contributed by atoms with Crippen molar-refractivity contribution in [1.82, 2.24) is 15.0 Å². The molecule has 5 heteroatoms. The van der Waals surface area contributed by atoms with Crippen molar-refractivity contribution in [2.24, 2.45) is 5.92 Å². The Morgan fingerprint density at radius 3 is 2.32 bits per heavy atom. The van der Waals surface area contributed by atoms with Crippen molar-refractivity contribution in [3.05, 3.63) is 66.2 Å². The third kappa shape index (κ3) is 4.32. The van der Waals surface area contributed by atoms with Crippen molar-refractivity contribution in [2.45, 2.75) is 26.2 Å². The molecule has 2 N–H and O–H groups in total. The number of hydrogen-bond acceptors (Lipinski definition) is 5. The molecule has 0 spiro atoms. The molecular weight excluding hydrogens is 310 g/mol. The van der Waals surface area contributed by atoms with Gasteiger partial charge in [-0.3, -0.25) is 4.98 Å². The molecule has 0 aliphatic heterocycles. The van der Waals surface area contributed by atoms with E-state index in [1.807, 2.05) is 19.1 Å². The first-order valence-corrected chi connectivity index (χ1v) is 8.62. The number of hydrogen-bond donors (Lipinski definition) is 2. The van der Waals surface area contributed by atoms with Crippen molar-refractivity contribution in [3.8, 4) is 0 Å². The number of pyridine rings is 1. The zero-order valence-electron chi connectivity index (χ0n) is 14.2. The zero-order valence-corrected chi connectivity index (χ0v) is 14.2. The van der Waals surface area contributed by atoms with Gasteiger partial charge in [-0.25, -0.2) is 9.97 Å². The Bertz CT molecular complexity index is 839. The van der Waals surface area contributed by atoms with Crippen LogP contribution in [0.5, 0.6) is 0 Å². The maximum absolute atomic E-state index is 4.37. The van der Waals surface area contributed by atoms with Crippen molar-refractivity contribution < 1.29 is 0 Å². The summed E-state index contributed by atoms with van der Waals surface area (Å²) in [5.74, 6) is 1.50. The second-order valence-corrected chi connectivity index (χ2v) is 6.58. The highest BCUT2D eigenvalue weighted by Crippen LogP contribution is 2.32. The number of anilines is 4. The summed E-state index contributed by atoms with van der Waals surface area (Å²) in [5.41, 5.74) is 5.19. The van der Waals surface area contributed by atoms with Gasteiger partial charge in [0.05, 0.1) is 18.1 Å². The second kappa shape index (κ2) is 6.89. The molecule has 0 bridgehead atoms. The molecule has 0 unspecified atom stereocenters. The highest BCUT2D eigenvalue weighted by Gasteiger charge is 2.21. The van der Waals surface area contributed by atoms with Crippen LogP contribution >= 0.6 is 0 Å². The van der Waals surface area contributed by atoms with Gasteiger partial charge in [-0.05, 0) is 61.9 Å². The molecule has 1 fully saturated rings. The summed E-state index contributed by atoms with van der Waals surface area (Å²) in [7, 11) is 0. The SMILES string of the molecule is Cc1cc(Nc2cnc(Nc3ccc(CC4CC4)cc3)nc2)ccn1. The molecule has 1 aliphatic carbocycles. The number of aromatic nitrogens is 3. The van der Waals surface area contributed by atoms with Crippen molar-refractivity contribution in [2.75, 3.05) is 10.6 Å². The van der Waals surface area contributed by atoms with Crippen LogP contribution in [0.2, 0.25) is 0 Å². The third-order valence-corrected chi connectivity index (χ3v) is 4.27. The summed E-state index contributed by atoms with van der Waals surface area (Å²) >= 11 is 0. The Morgan fingerprint density at radius 1 is 0.880 bits per heavy atom. The number of rotatable bonds is 6. The fraction of sp³-hybridized carbons (Fsp3) is 0.250. The molecular formula is C20H21N5. The minimum Gasteiger partial charge on any atom is -0.353 e. The first-order valence-electron chi connectivity index (χ1n) is 8.62. The van der Waals surface area contributed by atoms with E-state index < -0.39 is 0 Å². The average Bonchev–Trinajstić information content (AvgIpc) is 3.43. The van der Waals surface area contributed by atoms with Crippen LogP contribution in [-0.4, -0.2) is 15.0 Å². The lowest BCUT2D eigenvalue weighted by atomic mass is 10.1. The number of nitrogens with one attached hydrogen (secondary N) is 2. The van der Waals surface area contributed by atoms with Gasteiger partial charge < -0.3 is 10.6 Å². The van der Waals surface area contributed by atoms with Gasteiger partial charge in [0, 0.05) is 23.3 Å². The fourth-order valence-electron chi connectivity index (χ4n) is 2.76. The first kappa shape index (κ1) is 15.6. The number of nitrogens with zero attached hydrogens (tertiary/aromatic N) is 3. The summed E-state index contributed by atoms with van der Waals surface area (Å²) in [6.45, 7) is 1.96. The highest BCUT2D eigenvalue weighted by atomic mass is 15.1. The average molecular weight is 331 g/mol. The normalized spacial score (nSPS) is 13.5. The van der Waals surface area contributed by atoms with Crippen molar-refractivity contribution in [3.63, 3.8) is 0 Å². The maximum Gasteiger partial charge on any atom is 0.227 e. The Balaban J connectivity index is 1.38. The van der Waals surface area contributed by atoms with E-state index in [1.165, 1.54) is 24.8 Å². The standard InChI is InChI=1S/C20H21N5/c1-14-10-18(8-9-21-14)24-19-12-22-20(23-13-19)25-17-6-4-16(5-7-17)11-15-2-3-15/h4-10,12-13,15H,2-3,11H2,1H3,(H,21,24)(H,22,23,25). The van der Waals surface area contributed by atoms with Crippen LogP contribution in [0, 0.1) is 12.8 Å². The fourth-order valence-corrected chi connectivity index (χ4v) is 2.76. The molecule has 0 atom stereocenters. The van der Waals surface area contributed by atoms with Gasteiger partial charge in [-0.1, -0.05) is 12.1 Å². The molecule has 1 aliphatic rings. The smallest absolute Gasteiger partial charge is 0.227 e. The number of benzene rings is 1. The molecule has 5 nitrogen and oxygen atoms in total. The van der Waals surface area contributed by atoms with E-state index in [1.54, 1.807) is 18.6 Å². The lowest BCUT2D eigenvalue weighted by Crippen LogP contribution is -1.99. The summed E-state index contributed by atoms with van der Waals surface area (Å²) in [6.07, 6.45) is 9.28. The van der Waals surface area contributed by atoms with Gasteiger partial charge in [-0.2, -0.15) is 0 Å². The van der Waals surface area contributed by atoms with E-state index in [0.717, 1.165) is 28.7 Å². The van der Waals surface area contributed by atoms with Gasteiger partial charge in [0.25, 0.3) is 0 Å². The van der Waals surface area contributed by atoms with E-state index in [2.05, 4.69) is 49.9 Å². The molecule has 0 saturated heterocycles. The third-order valence-electron chi connectivity index (χ3n) is 4.27. The molecule has 0 amide bonds. The largest absolute Gasteiger partial charge is 0.353 e. The highest BCUT2D eigenvalue weighted by molar-refractivity contribution is 5.59. The van der Waals surface area contributed by atoms with Gasteiger partial charge >= 0.3 is 0 Å². The first-order chi connectivity index (χ1) is 12.2. The topological polar surface area (TPSA) is 62.7 Å². The van der Waals surface area contributed by atoms with Crippen LogP contribution in [0.1, 0.15) is 24.1 Å². The predicted molar refractivity (Wildman–Crippen MR) is 100 cm³/mol. The van der Waals surface area contributed by atoms with Crippen LogP contribution < -0.4 is 10.6 Å². The molecule has 2 heterocycles. The van der Waals surface area contributed by atoms with Crippen molar-refractivity contribution >= 4 is 23.0 Å². The molecule has 3 aromatic rings. The van der Waals surface area contributed by atoms with Crippen LogP contribution in [-0.2, 0) is 6.42 Å². The molecule has 1 aromatic carbocycles. The Hall–Kier alpha value is -2.95. The number of aryl methyl sites for hydroxylation is 1. The van der Waals surface area contributed by atoms with E-state index in [-0.39, 0.29) is 0 Å². The predicted octanol–water partition coefficient (Wildman–Crippen LogP) is 4.62. The molecule has 0 radical (unpaired) electrons. The molecule has 4 rings (SSSR count). The van der Waals surface area contributed by atoms with Gasteiger partial charge in [0.15, 0.2) is 0 Å².